The number of nitrogens with one attached hydrogen (secondary N) is 1. The summed E-state index contributed by atoms with van der Waals surface area (Å²) in [5.41, 5.74) is 1.31. The summed E-state index contributed by atoms with van der Waals surface area (Å²) in [4.78, 5) is 0. The second-order valence-electron chi connectivity index (χ2n) is 4.20. The molecule has 17 heavy (non-hydrogen) atoms. The van der Waals surface area contributed by atoms with E-state index in [0.717, 1.165) is 23.2 Å². The van der Waals surface area contributed by atoms with Gasteiger partial charge in [-0.05, 0) is 43.1 Å². The van der Waals surface area contributed by atoms with Crippen molar-refractivity contribution in [3.8, 4) is 5.75 Å². The molecule has 1 rings (SSSR count). The minimum absolute atomic E-state index is 0.549. The lowest BCUT2D eigenvalue weighted by Crippen LogP contribution is -2.30. The van der Waals surface area contributed by atoms with Crippen molar-refractivity contribution in [2.24, 2.45) is 0 Å². The summed E-state index contributed by atoms with van der Waals surface area (Å²) in [7, 11) is 1.71. The van der Waals surface area contributed by atoms with E-state index in [1.54, 1.807) is 7.11 Å². The Morgan fingerprint density at radius 3 is 2.71 bits per heavy atom. The smallest absolute Gasteiger partial charge is 0.119 e. The van der Waals surface area contributed by atoms with E-state index in [2.05, 4.69) is 47.2 Å². The maximum absolute atomic E-state index is 5.27. The van der Waals surface area contributed by atoms with Crippen LogP contribution in [0, 0.1) is 0 Å². The van der Waals surface area contributed by atoms with Crippen molar-refractivity contribution in [2.75, 3.05) is 13.7 Å². The predicted molar refractivity (Wildman–Crippen MR) is 76.8 cm³/mol. The molecule has 3 heteroatoms. The fourth-order valence-electron chi connectivity index (χ4n) is 2.01. The molecule has 0 radical (unpaired) electrons. The van der Waals surface area contributed by atoms with E-state index in [0.29, 0.717) is 6.04 Å². The van der Waals surface area contributed by atoms with Crippen molar-refractivity contribution in [3.05, 3.63) is 28.2 Å². The van der Waals surface area contributed by atoms with Crippen LogP contribution in [-0.4, -0.2) is 19.7 Å². The van der Waals surface area contributed by atoms with Crippen molar-refractivity contribution < 1.29 is 4.74 Å². The van der Waals surface area contributed by atoms with Crippen LogP contribution < -0.4 is 10.1 Å². The van der Waals surface area contributed by atoms with Gasteiger partial charge >= 0.3 is 0 Å². The number of hydrogen-bond donors (Lipinski definition) is 1. The standard InChI is InChI=1S/C14H22BrNO/c1-4-6-12(16-5-2)9-11-10-13(17-3)7-8-14(11)15/h7-8,10,12,16H,4-6,9H2,1-3H3. The lowest BCUT2D eigenvalue weighted by atomic mass is 10.0. The van der Waals surface area contributed by atoms with Crippen LogP contribution in [0.4, 0.5) is 0 Å². The number of hydrogen-bond acceptors (Lipinski definition) is 2. The molecule has 0 aliphatic rings. The molecule has 1 unspecified atom stereocenters. The van der Waals surface area contributed by atoms with Gasteiger partial charge in [0.25, 0.3) is 0 Å². The van der Waals surface area contributed by atoms with E-state index in [1.165, 1.54) is 18.4 Å². The Bertz CT molecular complexity index is 335. The van der Waals surface area contributed by atoms with Gasteiger partial charge in [0.2, 0.25) is 0 Å². The maximum Gasteiger partial charge on any atom is 0.119 e. The van der Waals surface area contributed by atoms with Crippen molar-refractivity contribution in [3.63, 3.8) is 0 Å². The fraction of sp³-hybridized carbons (Fsp3) is 0.571. The van der Waals surface area contributed by atoms with E-state index in [1.807, 2.05) is 6.07 Å². The number of rotatable bonds is 7. The molecule has 0 spiro atoms. The average Bonchev–Trinajstić information content (AvgIpc) is 2.32. The summed E-state index contributed by atoms with van der Waals surface area (Å²) in [6.45, 7) is 5.40. The van der Waals surface area contributed by atoms with Crippen LogP contribution in [0.3, 0.4) is 0 Å². The third-order valence-corrected chi connectivity index (χ3v) is 3.62. The van der Waals surface area contributed by atoms with Gasteiger partial charge in [0.05, 0.1) is 7.11 Å². The summed E-state index contributed by atoms with van der Waals surface area (Å²) in [5.74, 6) is 0.926. The summed E-state index contributed by atoms with van der Waals surface area (Å²) >= 11 is 3.61. The van der Waals surface area contributed by atoms with Crippen LogP contribution in [0.1, 0.15) is 32.3 Å². The number of ether oxygens (including phenoxy) is 1. The molecule has 0 aliphatic carbocycles. The first-order chi connectivity index (χ1) is 8.21. The van der Waals surface area contributed by atoms with Gasteiger partial charge in [-0.3, -0.25) is 0 Å². The molecule has 1 atom stereocenters. The zero-order valence-electron chi connectivity index (χ0n) is 10.9. The van der Waals surface area contributed by atoms with Crippen molar-refractivity contribution in [1.82, 2.24) is 5.32 Å². The normalized spacial score (nSPS) is 12.5. The van der Waals surface area contributed by atoms with Gasteiger partial charge in [0, 0.05) is 10.5 Å². The van der Waals surface area contributed by atoms with Crippen LogP contribution >= 0.6 is 15.9 Å². The van der Waals surface area contributed by atoms with E-state index in [4.69, 9.17) is 4.74 Å². The number of benzene rings is 1. The Morgan fingerprint density at radius 1 is 1.35 bits per heavy atom. The Kier molecular flexibility index (Phi) is 6.60. The minimum atomic E-state index is 0.549. The van der Waals surface area contributed by atoms with Crippen molar-refractivity contribution in [2.45, 2.75) is 39.2 Å². The first kappa shape index (κ1) is 14.5. The maximum atomic E-state index is 5.27. The molecule has 0 aliphatic heterocycles. The van der Waals surface area contributed by atoms with Crippen LogP contribution in [0.5, 0.6) is 5.75 Å². The lowest BCUT2D eigenvalue weighted by molar-refractivity contribution is 0.413. The fourth-order valence-corrected chi connectivity index (χ4v) is 2.42. The van der Waals surface area contributed by atoms with E-state index in [-0.39, 0.29) is 0 Å². The first-order valence-electron chi connectivity index (χ1n) is 6.27. The molecule has 0 heterocycles. The predicted octanol–water partition coefficient (Wildman–Crippen LogP) is 3.78. The molecule has 0 saturated heterocycles. The monoisotopic (exact) mass is 299 g/mol. The molecular formula is C14H22BrNO. The third-order valence-electron chi connectivity index (χ3n) is 2.85. The molecule has 96 valence electrons. The van der Waals surface area contributed by atoms with Gasteiger partial charge in [-0.25, -0.2) is 0 Å². The summed E-state index contributed by atoms with van der Waals surface area (Å²) < 4.78 is 6.43. The zero-order chi connectivity index (χ0) is 12.7. The van der Waals surface area contributed by atoms with Crippen LogP contribution in [0.15, 0.2) is 22.7 Å². The Morgan fingerprint density at radius 2 is 2.12 bits per heavy atom. The average molecular weight is 300 g/mol. The highest BCUT2D eigenvalue weighted by Crippen LogP contribution is 2.24. The van der Waals surface area contributed by atoms with Crippen LogP contribution in [0.25, 0.3) is 0 Å². The molecule has 0 bridgehead atoms. The molecule has 0 fully saturated rings. The van der Waals surface area contributed by atoms with Gasteiger partial charge in [0.1, 0.15) is 5.75 Å². The zero-order valence-corrected chi connectivity index (χ0v) is 12.5. The van der Waals surface area contributed by atoms with Crippen molar-refractivity contribution in [1.29, 1.82) is 0 Å². The third kappa shape index (κ3) is 4.68. The van der Waals surface area contributed by atoms with Gasteiger partial charge in [-0.1, -0.05) is 36.2 Å². The number of likely N-dealkylation sites (N-methyl/N-ethyl adjacent to an activating group) is 1. The Hall–Kier alpha value is -0.540. The van der Waals surface area contributed by atoms with Gasteiger partial charge in [-0.2, -0.15) is 0 Å². The van der Waals surface area contributed by atoms with E-state index >= 15 is 0 Å². The second kappa shape index (κ2) is 7.72. The molecular weight excluding hydrogens is 278 g/mol. The molecule has 0 saturated carbocycles. The highest BCUT2D eigenvalue weighted by Gasteiger charge is 2.10. The molecule has 1 aromatic carbocycles. The van der Waals surface area contributed by atoms with E-state index < -0.39 is 0 Å². The minimum Gasteiger partial charge on any atom is -0.497 e. The summed E-state index contributed by atoms with van der Waals surface area (Å²) in [6.07, 6.45) is 3.45. The molecule has 0 aromatic heterocycles. The Labute approximate surface area is 113 Å². The van der Waals surface area contributed by atoms with Crippen LogP contribution in [0.2, 0.25) is 0 Å². The summed E-state index contributed by atoms with van der Waals surface area (Å²) in [5, 5.41) is 3.54. The lowest BCUT2D eigenvalue weighted by Gasteiger charge is -2.18. The van der Waals surface area contributed by atoms with E-state index in [9.17, 15) is 0 Å². The summed E-state index contributed by atoms with van der Waals surface area (Å²) in [6, 6.07) is 6.71. The highest BCUT2D eigenvalue weighted by atomic mass is 79.9. The van der Waals surface area contributed by atoms with Gasteiger partial charge in [-0.15, -0.1) is 0 Å². The van der Waals surface area contributed by atoms with Gasteiger partial charge < -0.3 is 10.1 Å². The SMILES string of the molecule is CCCC(Cc1cc(OC)ccc1Br)NCC. The van der Waals surface area contributed by atoms with Crippen molar-refractivity contribution >= 4 is 15.9 Å². The number of methoxy groups -OCH3 is 1. The number of halogens is 1. The topological polar surface area (TPSA) is 21.3 Å². The quantitative estimate of drug-likeness (QED) is 0.827. The highest BCUT2D eigenvalue weighted by molar-refractivity contribution is 9.10. The van der Waals surface area contributed by atoms with Crippen LogP contribution in [-0.2, 0) is 6.42 Å². The largest absolute Gasteiger partial charge is 0.497 e. The second-order valence-corrected chi connectivity index (χ2v) is 5.06. The van der Waals surface area contributed by atoms with Gasteiger partial charge in [0.15, 0.2) is 0 Å². The first-order valence-corrected chi connectivity index (χ1v) is 7.06. The Balaban J connectivity index is 2.76. The molecule has 1 N–H and O–H groups in total. The molecule has 1 aromatic rings. The molecule has 2 nitrogen and oxygen atoms in total. The molecule has 0 amide bonds.